The zero-order chi connectivity index (χ0) is 14.5. The van der Waals surface area contributed by atoms with Crippen LogP contribution in [0.25, 0.3) is 11.5 Å². The van der Waals surface area contributed by atoms with Crippen molar-refractivity contribution in [3.63, 3.8) is 0 Å². The van der Waals surface area contributed by atoms with E-state index in [9.17, 15) is 0 Å². The summed E-state index contributed by atoms with van der Waals surface area (Å²) < 4.78 is 5.57. The van der Waals surface area contributed by atoms with E-state index in [1.54, 1.807) is 24.2 Å². The average molecular weight is 296 g/mol. The SMILES string of the molecule is CCc1ccc(-c2nc(CSc3ccccn3)co2)cc1. The molecule has 0 aliphatic carbocycles. The molecule has 2 heterocycles. The van der Waals surface area contributed by atoms with E-state index in [0.29, 0.717) is 5.89 Å². The third kappa shape index (κ3) is 3.52. The summed E-state index contributed by atoms with van der Waals surface area (Å²) in [6, 6.07) is 14.2. The van der Waals surface area contributed by atoms with Crippen LogP contribution in [0.3, 0.4) is 0 Å². The zero-order valence-corrected chi connectivity index (χ0v) is 12.6. The Morgan fingerprint density at radius 1 is 1.10 bits per heavy atom. The number of benzene rings is 1. The van der Waals surface area contributed by atoms with Crippen molar-refractivity contribution in [2.24, 2.45) is 0 Å². The highest BCUT2D eigenvalue weighted by atomic mass is 32.2. The maximum Gasteiger partial charge on any atom is 0.226 e. The minimum absolute atomic E-state index is 0.675. The third-order valence-corrected chi connectivity index (χ3v) is 4.14. The van der Waals surface area contributed by atoms with Crippen LogP contribution in [0, 0.1) is 0 Å². The highest BCUT2D eigenvalue weighted by Crippen LogP contribution is 2.23. The molecule has 3 rings (SSSR count). The number of thioether (sulfide) groups is 1. The van der Waals surface area contributed by atoms with Crippen LogP contribution >= 0.6 is 11.8 Å². The second-order valence-corrected chi connectivity index (χ2v) is 5.65. The highest BCUT2D eigenvalue weighted by molar-refractivity contribution is 7.98. The molecule has 0 fully saturated rings. The van der Waals surface area contributed by atoms with Crippen molar-refractivity contribution in [2.45, 2.75) is 24.1 Å². The van der Waals surface area contributed by atoms with Gasteiger partial charge in [-0.05, 0) is 36.2 Å². The van der Waals surface area contributed by atoms with E-state index < -0.39 is 0 Å². The summed E-state index contributed by atoms with van der Waals surface area (Å²) in [5, 5.41) is 0.995. The predicted octanol–water partition coefficient (Wildman–Crippen LogP) is 4.59. The lowest BCUT2D eigenvalue weighted by Crippen LogP contribution is -1.84. The van der Waals surface area contributed by atoms with Gasteiger partial charge in [-0.1, -0.05) is 36.9 Å². The minimum atomic E-state index is 0.675. The van der Waals surface area contributed by atoms with Crippen LogP contribution in [0.5, 0.6) is 0 Å². The lowest BCUT2D eigenvalue weighted by Gasteiger charge is -1.98. The second kappa shape index (κ2) is 6.59. The maximum atomic E-state index is 5.57. The molecule has 0 amide bonds. The van der Waals surface area contributed by atoms with Crippen LogP contribution in [0.4, 0.5) is 0 Å². The molecular formula is C17H16N2OS. The molecule has 1 aromatic carbocycles. The number of aryl methyl sites for hydroxylation is 1. The van der Waals surface area contributed by atoms with Gasteiger partial charge in [-0.15, -0.1) is 0 Å². The van der Waals surface area contributed by atoms with Gasteiger partial charge in [-0.2, -0.15) is 0 Å². The van der Waals surface area contributed by atoms with Crippen molar-refractivity contribution in [1.82, 2.24) is 9.97 Å². The van der Waals surface area contributed by atoms with Gasteiger partial charge in [0.15, 0.2) is 0 Å². The van der Waals surface area contributed by atoms with Gasteiger partial charge in [0, 0.05) is 17.5 Å². The Labute approximate surface area is 128 Å². The fourth-order valence-electron chi connectivity index (χ4n) is 1.97. The van der Waals surface area contributed by atoms with Crippen molar-refractivity contribution in [3.05, 3.63) is 66.2 Å². The molecule has 4 heteroatoms. The smallest absolute Gasteiger partial charge is 0.226 e. The van der Waals surface area contributed by atoms with Gasteiger partial charge >= 0.3 is 0 Å². The molecular weight excluding hydrogens is 280 g/mol. The van der Waals surface area contributed by atoms with Crippen LogP contribution < -0.4 is 0 Å². The number of oxazole rings is 1. The minimum Gasteiger partial charge on any atom is -0.444 e. The number of pyridine rings is 1. The first-order valence-corrected chi connectivity index (χ1v) is 7.91. The summed E-state index contributed by atoms with van der Waals surface area (Å²) in [5.41, 5.74) is 3.26. The van der Waals surface area contributed by atoms with Gasteiger partial charge in [0.2, 0.25) is 5.89 Å². The van der Waals surface area contributed by atoms with E-state index >= 15 is 0 Å². The van der Waals surface area contributed by atoms with Crippen molar-refractivity contribution in [1.29, 1.82) is 0 Å². The largest absolute Gasteiger partial charge is 0.444 e. The molecule has 0 N–H and O–H groups in total. The van der Waals surface area contributed by atoms with Crippen molar-refractivity contribution >= 4 is 11.8 Å². The molecule has 0 saturated heterocycles. The van der Waals surface area contributed by atoms with Crippen LogP contribution in [0.15, 0.2) is 64.4 Å². The Bertz CT molecular complexity index is 692. The fraction of sp³-hybridized carbons (Fsp3) is 0.176. The van der Waals surface area contributed by atoms with Crippen LogP contribution in [0.1, 0.15) is 18.2 Å². The van der Waals surface area contributed by atoms with E-state index in [2.05, 4.69) is 41.2 Å². The molecule has 0 radical (unpaired) electrons. The molecule has 3 aromatic rings. The fourth-order valence-corrected chi connectivity index (χ4v) is 2.71. The average Bonchev–Trinajstić information content (AvgIpc) is 3.03. The lowest BCUT2D eigenvalue weighted by molar-refractivity contribution is 0.573. The first-order chi connectivity index (χ1) is 10.3. The summed E-state index contributed by atoms with van der Waals surface area (Å²) in [6.45, 7) is 2.15. The Morgan fingerprint density at radius 2 is 1.95 bits per heavy atom. The number of aromatic nitrogens is 2. The van der Waals surface area contributed by atoms with Crippen molar-refractivity contribution in [2.75, 3.05) is 0 Å². The monoisotopic (exact) mass is 296 g/mol. The van der Waals surface area contributed by atoms with E-state index in [4.69, 9.17) is 4.42 Å². The standard InChI is InChI=1S/C17H16N2OS/c1-2-13-6-8-14(9-7-13)17-19-15(11-20-17)12-21-16-5-3-4-10-18-16/h3-11H,2,12H2,1H3. The lowest BCUT2D eigenvalue weighted by atomic mass is 10.1. The topological polar surface area (TPSA) is 38.9 Å². The molecule has 0 atom stereocenters. The summed E-state index contributed by atoms with van der Waals surface area (Å²) >= 11 is 1.65. The van der Waals surface area contributed by atoms with Gasteiger partial charge in [0.25, 0.3) is 0 Å². The maximum absolute atomic E-state index is 5.57. The summed E-state index contributed by atoms with van der Waals surface area (Å²) in [7, 11) is 0. The molecule has 0 bridgehead atoms. The summed E-state index contributed by atoms with van der Waals surface area (Å²) in [4.78, 5) is 8.82. The highest BCUT2D eigenvalue weighted by Gasteiger charge is 2.07. The van der Waals surface area contributed by atoms with E-state index in [-0.39, 0.29) is 0 Å². The zero-order valence-electron chi connectivity index (χ0n) is 11.8. The summed E-state index contributed by atoms with van der Waals surface area (Å²) in [5.74, 6) is 1.43. The molecule has 0 unspecified atom stereocenters. The molecule has 3 nitrogen and oxygen atoms in total. The molecule has 106 valence electrons. The Morgan fingerprint density at radius 3 is 2.67 bits per heavy atom. The van der Waals surface area contributed by atoms with Crippen molar-refractivity contribution in [3.8, 4) is 11.5 Å². The first kappa shape index (κ1) is 13.9. The molecule has 21 heavy (non-hydrogen) atoms. The quantitative estimate of drug-likeness (QED) is 0.645. The van der Waals surface area contributed by atoms with Crippen LogP contribution in [-0.4, -0.2) is 9.97 Å². The normalized spacial score (nSPS) is 10.7. The first-order valence-electron chi connectivity index (χ1n) is 6.92. The number of rotatable bonds is 5. The predicted molar refractivity (Wildman–Crippen MR) is 85.1 cm³/mol. The van der Waals surface area contributed by atoms with E-state index in [0.717, 1.165) is 28.5 Å². The molecule has 0 spiro atoms. The third-order valence-electron chi connectivity index (χ3n) is 3.17. The number of hydrogen-bond acceptors (Lipinski definition) is 4. The van der Waals surface area contributed by atoms with Gasteiger partial charge < -0.3 is 4.42 Å². The Kier molecular flexibility index (Phi) is 4.36. The van der Waals surface area contributed by atoms with Crippen molar-refractivity contribution < 1.29 is 4.42 Å². The van der Waals surface area contributed by atoms with Gasteiger partial charge in [-0.3, -0.25) is 0 Å². The van der Waals surface area contributed by atoms with E-state index in [1.807, 2.05) is 18.2 Å². The Balaban J connectivity index is 1.68. The van der Waals surface area contributed by atoms with Crippen LogP contribution in [-0.2, 0) is 12.2 Å². The van der Waals surface area contributed by atoms with Gasteiger partial charge in [0.05, 0.1) is 10.7 Å². The number of hydrogen-bond donors (Lipinski definition) is 0. The second-order valence-electron chi connectivity index (χ2n) is 4.65. The number of nitrogens with zero attached hydrogens (tertiary/aromatic N) is 2. The molecule has 0 aliphatic rings. The molecule has 2 aromatic heterocycles. The molecule has 0 aliphatic heterocycles. The van der Waals surface area contributed by atoms with Gasteiger partial charge in [-0.25, -0.2) is 9.97 Å². The molecule has 0 saturated carbocycles. The van der Waals surface area contributed by atoms with Gasteiger partial charge in [0.1, 0.15) is 6.26 Å². The van der Waals surface area contributed by atoms with Crippen LogP contribution in [0.2, 0.25) is 0 Å². The van der Waals surface area contributed by atoms with E-state index in [1.165, 1.54) is 5.56 Å². The summed E-state index contributed by atoms with van der Waals surface area (Å²) in [6.07, 6.45) is 4.56. The Hall–Kier alpha value is -2.07.